The first-order valence-electron chi connectivity index (χ1n) is 15.2. The number of hydrogen-bond acceptors (Lipinski definition) is 9. The number of nitrogens with zero attached hydrogens (tertiary/aromatic N) is 1. The van der Waals surface area contributed by atoms with Crippen molar-refractivity contribution in [2.75, 3.05) is 26.9 Å². The predicted octanol–water partition coefficient (Wildman–Crippen LogP) is 5.31. The van der Waals surface area contributed by atoms with Gasteiger partial charge < -0.3 is 29.4 Å². The molecule has 0 bridgehead atoms. The highest BCUT2D eigenvalue weighted by Gasteiger charge is 2.63. The van der Waals surface area contributed by atoms with Crippen LogP contribution in [0.1, 0.15) is 48.3 Å². The van der Waals surface area contributed by atoms with E-state index in [9.17, 15) is 32.3 Å². The lowest BCUT2D eigenvalue weighted by Crippen LogP contribution is -2.59. The lowest BCUT2D eigenvalue weighted by atomic mass is 9.86. The zero-order valence-corrected chi connectivity index (χ0v) is 26.8. The molecule has 0 saturated heterocycles. The zero-order chi connectivity index (χ0) is 36.6. The van der Waals surface area contributed by atoms with E-state index in [1.165, 1.54) is 32.2 Å². The Kier molecular flexibility index (Phi) is 9.95. The summed E-state index contributed by atoms with van der Waals surface area (Å²) in [6.07, 6.45) is -9.24. The van der Waals surface area contributed by atoms with E-state index in [4.69, 9.17) is 18.9 Å². The van der Waals surface area contributed by atoms with Crippen molar-refractivity contribution in [3.63, 3.8) is 0 Å². The molecule has 3 atom stereocenters. The van der Waals surface area contributed by atoms with E-state index in [1.54, 1.807) is 0 Å². The van der Waals surface area contributed by atoms with Crippen LogP contribution in [0.3, 0.4) is 0 Å². The lowest BCUT2D eigenvalue weighted by Gasteiger charge is -2.35. The van der Waals surface area contributed by atoms with Gasteiger partial charge in [-0.05, 0) is 68.3 Å². The Balaban J connectivity index is 1.59. The molecule has 2 unspecified atom stereocenters. The van der Waals surface area contributed by atoms with E-state index in [2.05, 4.69) is 10.3 Å². The Hall–Kier alpha value is -4.64. The molecule has 2 heterocycles. The van der Waals surface area contributed by atoms with Gasteiger partial charge in [-0.3, -0.25) is 14.9 Å². The van der Waals surface area contributed by atoms with E-state index in [0.717, 1.165) is 44.0 Å². The highest BCUT2D eigenvalue weighted by atomic mass is 19.4. The Morgan fingerprint density at radius 3 is 2.32 bits per heavy atom. The standard InChI is InChI=1S/C33H32F7N3O7/c1-17(14-48-18(2)44)43-30(32(35,36)37)16-49-28-23(30)13-26(42-27(28)19-4-7-21(34)8-5-19)31(46,33(38,39)40)15-41-29(45)20-6-11-24(25(12-20)47-3)50-22-9-10-22/h4-8,11-13,17,22,43,46H,9-10,14-16H2,1-3H3,(H,41,45)/t17?,30-,31?/m0/s1. The topological polar surface area (TPSA) is 128 Å². The molecule has 10 nitrogen and oxygen atoms in total. The molecule has 0 spiro atoms. The average molecular weight is 716 g/mol. The number of hydrogen-bond donors (Lipinski definition) is 3. The van der Waals surface area contributed by atoms with Gasteiger partial charge in [-0.15, -0.1) is 0 Å². The molecule has 0 radical (unpaired) electrons. The summed E-state index contributed by atoms with van der Waals surface area (Å²) >= 11 is 0. The van der Waals surface area contributed by atoms with Crippen molar-refractivity contribution >= 4 is 11.9 Å². The fourth-order valence-corrected chi connectivity index (χ4v) is 5.33. The van der Waals surface area contributed by atoms with Crippen molar-refractivity contribution in [1.82, 2.24) is 15.6 Å². The molecule has 1 amide bonds. The maximum absolute atomic E-state index is 15.0. The van der Waals surface area contributed by atoms with Crippen LogP contribution in [-0.2, 0) is 20.7 Å². The Morgan fingerprint density at radius 2 is 1.74 bits per heavy atom. The van der Waals surface area contributed by atoms with Gasteiger partial charge in [-0.2, -0.15) is 26.3 Å². The minimum atomic E-state index is -5.61. The first kappa shape index (κ1) is 36.6. The quantitative estimate of drug-likeness (QED) is 0.169. The van der Waals surface area contributed by atoms with Gasteiger partial charge in [0.05, 0.1) is 25.5 Å². The van der Waals surface area contributed by atoms with Gasteiger partial charge >= 0.3 is 18.3 Å². The van der Waals surface area contributed by atoms with Crippen molar-refractivity contribution in [2.24, 2.45) is 0 Å². The van der Waals surface area contributed by atoms with Crippen LogP contribution in [0.5, 0.6) is 17.2 Å². The summed E-state index contributed by atoms with van der Waals surface area (Å²) < 4.78 is 125. The first-order chi connectivity index (χ1) is 23.4. The summed E-state index contributed by atoms with van der Waals surface area (Å²) in [6, 6.07) is 7.02. The maximum atomic E-state index is 15.0. The largest absolute Gasteiger partial charge is 0.493 e. The van der Waals surface area contributed by atoms with E-state index in [-0.39, 0.29) is 23.0 Å². The molecule has 270 valence electrons. The summed E-state index contributed by atoms with van der Waals surface area (Å²) in [5, 5.41) is 15.6. The maximum Gasteiger partial charge on any atom is 0.424 e. The summed E-state index contributed by atoms with van der Waals surface area (Å²) in [7, 11) is 1.30. The minimum absolute atomic E-state index is 0.0289. The van der Waals surface area contributed by atoms with E-state index in [1.807, 2.05) is 5.32 Å². The number of fused-ring (bicyclic) bond motifs is 1. The van der Waals surface area contributed by atoms with Gasteiger partial charge in [0.2, 0.25) is 5.60 Å². The lowest BCUT2D eigenvalue weighted by molar-refractivity contribution is -0.265. The van der Waals surface area contributed by atoms with Gasteiger partial charge in [0, 0.05) is 29.7 Å². The molecule has 1 aliphatic heterocycles. The first-order valence-corrected chi connectivity index (χ1v) is 15.2. The van der Waals surface area contributed by atoms with Crippen LogP contribution in [0.2, 0.25) is 0 Å². The van der Waals surface area contributed by atoms with Crippen molar-refractivity contribution in [1.29, 1.82) is 0 Å². The third-order valence-electron chi connectivity index (χ3n) is 8.14. The fourth-order valence-electron chi connectivity index (χ4n) is 5.33. The molecular weight excluding hydrogens is 683 g/mol. The summed E-state index contributed by atoms with van der Waals surface area (Å²) in [4.78, 5) is 28.3. The van der Waals surface area contributed by atoms with Crippen molar-refractivity contribution < 1.29 is 64.4 Å². The number of methoxy groups -OCH3 is 1. The Bertz CT molecular complexity index is 1750. The summed E-state index contributed by atoms with van der Waals surface area (Å²) in [6.45, 7) is -1.01. The Labute approximate surface area is 280 Å². The number of rotatable bonds is 12. The molecule has 2 aromatic carbocycles. The molecule has 50 heavy (non-hydrogen) atoms. The number of halogens is 7. The number of carbonyl (C=O) groups excluding carboxylic acids is 2. The minimum Gasteiger partial charge on any atom is -0.493 e. The van der Waals surface area contributed by atoms with Crippen LogP contribution in [0.4, 0.5) is 30.7 Å². The van der Waals surface area contributed by atoms with Crippen LogP contribution >= 0.6 is 0 Å². The number of benzene rings is 2. The summed E-state index contributed by atoms with van der Waals surface area (Å²) in [5.74, 6) is -2.78. The fraction of sp³-hybridized carbons (Fsp3) is 0.424. The monoisotopic (exact) mass is 715 g/mol. The van der Waals surface area contributed by atoms with E-state index in [0.29, 0.717) is 11.8 Å². The molecule has 3 N–H and O–H groups in total. The number of aromatic nitrogens is 1. The second kappa shape index (κ2) is 13.6. The predicted molar refractivity (Wildman–Crippen MR) is 161 cm³/mol. The molecular formula is C33H32F7N3O7. The van der Waals surface area contributed by atoms with Gasteiger partial charge in [0.25, 0.3) is 5.91 Å². The van der Waals surface area contributed by atoms with E-state index < -0.39 is 89.7 Å². The number of carbonyl (C=O) groups is 2. The van der Waals surface area contributed by atoms with Crippen LogP contribution in [0, 0.1) is 5.82 Å². The number of pyridine rings is 1. The normalized spacial score (nSPS) is 19.1. The number of ether oxygens (including phenoxy) is 4. The van der Waals surface area contributed by atoms with Gasteiger partial charge in [-0.1, -0.05) is 0 Å². The molecule has 2 aliphatic rings. The number of nitrogens with one attached hydrogen (secondary N) is 2. The highest BCUT2D eigenvalue weighted by molar-refractivity contribution is 5.95. The number of aliphatic hydroxyl groups is 1. The van der Waals surface area contributed by atoms with Crippen LogP contribution in [0.15, 0.2) is 48.5 Å². The van der Waals surface area contributed by atoms with Gasteiger partial charge in [0.15, 0.2) is 22.8 Å². The van der Waals surface area contributed by atoms with Gasteiger partial charge in [0.1, 0.15) is 24.7 Å². The second-order valence-corrected chi connectivity index (χ2v) is 12.0. The number of alkyl halides is 6. The third kappa shape index (κ3) is 7.28. The van der Waals surface area contributed by atoms with Crippen molar-refractivity contribution in [3.05, 3.63) is 71.2 Å². The van der Waals surface area contributed by atoms with Crippen LogP contribution in [-0.4, -0.2) is 73.3 Å². The second-order valence-electron chi connectivity index (χ2n) is 12.0. The van der Waals surface area contributed by atoms with Crippen molar-refractivity contribution in [3.8, 4) is 28.5 Å². The van der Waals surface area contributed by atoms with Crippen molar-refractivity contribution in [2.45, 2.75) is 62.3 Å². The molecule has 1 saturated carbocycles. The third-order valence-corrected chi connectivity index (χ3v) is 8.14. The molecule has 3 aromatic rings. The van der Waals surface area contributed by atoms with Crippen LogP contribution < -0.4 is 24.8 Å². The summed E-state index contributed by atoms with van der Waals surface area (Å²) in [5.41, 5.74) is -10.3. The SMILES string of the molecule is COc1cc(C(=O)NCC(O)(c2cc3c(c(-c4ccc(F)cc4)n2)OC[C@@]3(NC(C)COC(C)=O)C(F)(F)F)C(F)(F)F)ccc1OC1CC1. The van der Waals surface area contributed by atoms with Gasteiger partial charge in [-0.25, -0.2) is 9.37 Å². The average Bonchev–Trinajstić information content (AvgIpc) is 3.79. The molecule has 17 heteroatoms. The Morgan fingerprint density at radius 1 is 1.06 bits per heavy atom. The number of amides is 1. The molecule has 5 rings (SSSR count). The smallest absolute Gasteiger partial charge is 0.424 e. The highest BCUT2D eigenvalue weighted by Crippen LogP contribution is 2.52. The molecule has 1 aliphatic carbocycles. The zero-order valence-electron chi connectivity index (χ0n) is 26.8. The van der Waals surface area contributed by atoms with E-state index >= 15 is 13.2 Å². The number of esters is 1. The molecule has 1 fully saturated rings. The molecule has 1 aromatic heterocycles. The van der Waals surface area contributed by atoms with Crippen LogP contribution in [0.25, 0.3) is 11.3 Å².